The molecule has 0 aliphatic heterocycles. The maximum atomic E-state index is 13.0. The maximum absolute atomic E-state index is 13.0. The van der Waals surface area contributed by atoms with E-state index in [4.69, 9.17) is 0 Å². The Labute approximate surface area is 185 Å². The highest BCUT2D eigenvalue weighted by atomic mass is 32.2. The third-order valence-electron chi connectivity index (χ3n) is 4.47. The summed E-state index contributed by atoms with van der Waals surface area (Å²) in [6.07, 6.45) is -3.67. The number of amides is 1. The molecule has 1 amide bonds. The van der Waals surface area contributed by atoms with Crippen LogP contribution in [0.3, 0.4) is 0 Å². The average molecular weight is 465 g/mol. The third-order valence-corrected chi connectivity index (χ3v) is 5.84. The van der Waals surface area contributed by atoms with Crippen molar-refractivity contribution in [1.29, 1.82) is 0 Å². The second-order valence-electron chi connectivity index (χ2n) is 6.90. The van der Waals surface area contributed by atoms with Crippen LogP contribution in [0.1, 0.15) is 11.1 Å². The lowest BCUT2D eigenvalue weighted by Gasteiger charge is -2.19. The molecule has 0 radical (unpaired) electrons. The van der Waals surface area contributed by atoms with Crippen LogP contribution in [0.4, 0.5) is 17.6 Å². The monoisotopic (exact) mass is 465 g/mol. The summed E-state index contributed by atoms with van der Waals surface area (Å²) in [7, 11) is 1.51. The number of benzene rings is 2. The first-order chi connectivity index (χ1) is 15.1. The van der Waals surface area contributed by atoms with Crippen LogP contribution >= 0.6 is 0 Å². The fraction of sp³-hybridized carbons (Fsp3) is 0.182. The predicted molar refractivity (Wildman–Crippen MR) is 112 cm³/mol. The molecule has 1 aromatic heterocycles. The molecule has 3 aromatic rings. The van der Waals surface area contributed by atoms with E-state index in [1.165, 1.54) is 41.7 Å². The second-order valence-corrected chi connectivity index (χ2v) is 8.49. The van der Waals surface area contributed by atoms with Crippen LogP contribution in [0.2, 0.25) is 0 Å². The molecule has 1 atom stereocenters. The van der Waals surface area contributed by atoms with Crippen LogP contribution in [-0.2, 0) is 28.9 Å². The lowest BCUT2D eigenvalue weighted by Crippen LogP contribution is -2.38. The number of hydrogen-bond donors (Lipinski definition) is 1. The maximum Gasteiger partial charge on any atom is 0.417 e. The molecular formula is C22H19F4N3O2S. The van der Waals surface area contributed by atoms with Gasteiger partial charge in [0, 0.05) is 25.4 Å². The zero-order chi connectivity index (χ0) is 23.3. The van der Waals surface area contributed by atoms with E-state index >= 15 is 0 Å². The average Bonchev–Trinajstić information content (AvgIpc) is 2.77. The van der Waals surface area contributed by atoms with E-state index < -0.39 is 28.9 Å². The van der Waals surface area contributed by atoms with E-state index in [1.807, 2.05) is 0 Å². The number of nitrogens with zero attached hydrogens (tertiary/aromatic N) is 2. The van der Waals surface area contributed by atoms with E-state index in [9.17, 15) is 26.9 Å². The van der Waals surface area contributed by atoms with Gasteiger partial charge in [-0.1, -0.05) is 18.2 Å². The van der Waals surface area contributed by atoms with Gasteiger partial charge in [0.1, 0.15) is 12.4 Å². The number of rotatable bonds is 7. The Morgan fingerprint density at radius 2 is 1.84 bits per heavy atom. The Kier molecular flexibility index (Phi) is 7.49. The van der Waals surface area contributed by atoms with E-state index in [-0.39, 0.29) is 19.0 Å². The van der Waals surface area contributed by atoms with Gasteiger partial charge in [-0.3, -0.25) is 9.78 Å². The molecule has 1 N–H and O–H groups in total. The van der Waals surface area contributed by atoms with E-state index in [0.29, 0.717) is 16.2 Å². The van der Waals surface area contributed by atoms with Crippen molar-refractivity contribution in [3.05, 3.63) is 83.8 Å². The minimum Gasteiger partial charge on any atom is -0.593 e. The first kappa shape index (κ1) is 23.7. The zero-order valence-corrected chi connectivity index (χ0v) is 17.7. The topological polar surface area (TPSA) is 68.3 Å². The minimum absolute atomic E-state index is 0.149. The van der Waals surface area contributed by atoms with Crippen LogP contribution in [-0.4, -0.2) is 33.3 Å². The molecule has 1 heterocycles. The van der Waals surface area contributed by atoms with Gasteiger partial charge in [0.25, 0.3) is 0 Å². The molecule has 0 saturated carbocycles. The van der Waals surface area contributed by atoms with Crippen molar-refractivity contribution in [2.75, 3.05) is 13.6 Å². The molecule has 32 heavy (non-hydrogen) atoms. The Hall–Kier alpha value is -2.95. The Bertz CT molecular complexity index is 1060. The van der Waals surface area contributed by atoms with Crippen LogP contribution in [0, 0.1) is 5.82 Å². The third kappa shape index (κ3) is 6.28. The highest BCUT2D eigenvalue weighted by molar-refractivity contribution is 7.89. The van der Waals surface area contributed by atoms with E-state index in [0.717, 1.165) is 17.8 Å². The molecule has 0 spiro atoms. The summed E-state index contributed by atoms with van der Waals surface area (Å²) >= 11 is -1.62. The van der Waals surface area contributed by atoms with Crippen molar-refractivity contribution in [2.45, 2.75) is 17.6 Å². The van der Waals surface area contributed by atoms with Gasteiger partial charge >= 0.3 is 6.18 Å². The van der Waals surface area contributed by atoms with Gasteiger partial charge in [-0.2, -0.15) is 13.2 Å². The van der Waals surface area contributed by atoms with Gasteiger partial charge in [0.15, 0.2) is 4.90 Å². The van der Waals surface area contributed by atoms with Crippen LogP contribution in [0.25, 0.3) is 11.3 Å². The van der Waals surface area contributed by atoms with Gasteiger partial charge in [0.2, 0.25) is 5.91 Å². The number of nitrogens with one attached hydrogen (secondary N) is 1. The number of carbonyl (C=O) groups is 1. The molecule has 0 saturated heterocycles. The standard InChI is InChI=1S/C22H19F4N3O2S/c1-29(32(31)19-8-6-18(23)7-9-19)14-21(30)28-12-15-3-2-4-16(11-15)20-10-5-17(13-27-20)22(24,25)26/h2-11,13H,12,14H2,1H3,(H,28,30). The van der Waals surface area contributed by atoms with Crippen LogP contribution in [0.5, 0.6) is 0 Å². The second kappa shape index (κ2) is 10.1. The van der Waals surface area contributed by atoms with Crippen LogP contribution < -0.4 is 5.32 Å². The Morgan fingerprint density at radius 3 is 2.47 bits per heavy atom. The summed E-state index contributed by atoms with van der Waals surface area (Å²) in [5.74, 6) is -0.819. The number of alkyl halides is 3. The smallest absolute Gasteiger partial charge is 0.417 e. The first-order valence-corrected chi connectivity index (χ1v) is 10.5. The Morgan fingerprint density at radius 1 is 1.12 bits per heavy atom. The van der Waals surface area contributed by atoms with Gasteiger partial charge in [-0.25, -0.2) is 4.39 Å². The van der Waals surface area contributed by atoms with Crippen molar-refractivity contribution < 1.29 is 26.9 Å². The quantitative estimate of drug-likeness (QED) is 0.420. The summed E-state index contributed by atoms with van der Waals surface area (Å²) in [6.45, 7) is 0.0223. The van der Waals surface area contributed by atoms with Gasteiger partial charge in [-0.15, -0.1) is 4.31 Å². The molecular weight excluding hydrogens is 446 g/mol. The highest BCUT2D eigenvalue weighted by Gasteiger charge is 2.30. The number of halogens is 4. The van der Waals surface area contributed by atoms with Crippen molar-refractivity contribution in [1.82, 2.24) is 14.6 Å². The number of carbonyl (C=O) groups excluding carboxylic acids is 1. The minimum atomic E-state index is -4.45. The molecule has 168 valence electrons. The van der Waals surface area contributed by atoms with Crippen molar-refractivity contribution in [3.63, 3.8) is 0 Å². The largest absolute Gasteiger partial charge is 0.593 e. The molecule has 0 aliphatic rings. The predicted octanol–water partition coefficient (Wildman–Crippen LogP) is 4.18. The summed E-state index contributed by atoms with van der Waals surface area (Å²) in [5, 5.41) is 2.71. The molecule has 1 unspecified atom stereocenters. The number of hydrogen-bond acceptors (Lipinski definition) is 4. The van der Waals surface area contributed by atoms with Gasteiger partial charge in [0.05, 0.1) is 22.6 Å². The van der Waals surface area contributed by atoms with Gasteiger partial charge in [-0.05, 0) is 48.0 Å². The molecule has 0 fully saturated rings. The molecule has 10 heteroatoms. The van der Waals surface area contributed by atoms with Crippen molar-refractivity contribution in [3.8, 4) is 11.3 Å². The summed E-state index contributed by atoms with van der Waals surface area (Å²) in [4.78, 5) is 16.5. The lowest BCUT2D eigenvalue weighted by atomic mass is 10.1. The molecule has 0 aliphatic carbocycles. The van der Waals surface area contributed by atoms with Crippen LogP contribution in [0.15, 0.2) is 71.8 Å². The Balaban J connectivity index is 1.57. The summed E-state index contributed by atoms with van der Waals surface area (Å²) in [6, 6.07) is 14.3. The lowest BCUT2D eigenvalue weighted by molar-refractivity contribution is -0.137. The SMILES string of the molecule is CN(CC(=O)NCc1cccc(-c2ccc(C(F)(F)F)cn2)c1)[S+]([O-])c1ccc(F)cc1. The van der Waals surface area contributed by atoms with Crippen molar-refractivity contribution in [2.24, 2.45) is 0 Å². The zero-order valence-electron chi connectivity index (χ0n) is 16.9. The molecule has 2 aromatic carbocycles. The van der Waals surface area contributed by atoms with Crippen molar-refractivity contribution >= 4 is 17.3 Å². The molecule has 5 nitrogen and oxygen atoms in total. The number of pyridine rings is 1. The molecule has 0 bridgehead atoms. The summed E-state index contributed by atoms with van der Waals surface area (Å²) in [5.41, 5.74) is 0.882. The van der Waals surface area contributed by atoms with Gasteiger partial charge < -0.3 is 9.87 Å². The van der Waals surface area contributed by atoms with E-state index in [2.05, 4.69) is 10.3 Å². The highest BCUT2D eigenvalue weighted by Crippen LogP contribution is 2.29. The number of aromatic nitrogens is 1. The van der Waals surface area contributed by atoms with E-state index in [1.54, 1.807) is 24.3 Å². The molecule has 3 rings (SSSR count). The number of likely N-dealkylation sites (N-methyl/N-ethyl adjacent to an activating group) is 1. The first-order valence-electron chi connectivity index (χ1n) is 9.41. The fourth-order valence-electron chi connectivity index (χ4n) is 2.82. The fourth-order valence-corrected chi connectivity index (χ4v) is 3.78. The summed E-state index contributed by atoms with van der Waals surface area (Å²) < 4.78 is 64.8. The normalized spacial score (nSPS) is 12.6.